The number of rotatable bonds is 7. The summed E-state index contributed by atoms with van der Waals surface area (Å²) in [5, 5.41) is 8.55. The summed E-state index contributed by atoms with van der Waals surface area (Å²) in [5.41, 5.74) is 5.28. The zero-order valence-electron chi connectivity index (χ0n) is 9.05. The van der Waals surface area contributed by atoms with E-state index < -0.39 is 21.7 Å². The summed E-state index contributed by atoms with van der Waals surface area (Å²) in [7, 11) is -2.70. The van der Waals surface area contributed by atoms with Gasteiger partial charge in [0.2, 0.25) is 0 Å². The molecule has 0 radical (unpaired) electrons. The van der Waals surface area contributed by atoms with Crippen LogP contribution in [-0.2, 0) is 19.3 Å². The fraction of sp³-hybridized carbons (Fsp3) is 0.889. The molecule has 1 saturated heterocycles. The van der Waals surface area contributed by atoms with Crippen LogP contribution in [0.25, 0.3) is 0 Å². The molecule has 0 saturated carbocycles. The molecular formula is C9H18N2O4S. The number of hydrogen-bond donors (Lipinski definition) is 3. The summed E-state index contributed by atoms with van der Waals surface area (Å²) in [6.07, 6.45) is 1.80. The molecule has 0 spiro atoms. The molecule has 0 amide bonds. The summed E-state index contributed by atoms with van der Waals surface area (Å²) in [5.74, 6) is -0.797. The van der Waals surface area contributed by atoms with Gasteiger partial charge in [-0.3, -0.25) is 9.57 Å². The Hall–Kier alpha value is -0.660. The highest BCUT2D eigenvalue weighted by molar-refractivity contribution is 7.92. The zero-order chi connectivity index (χ0) is 12.2. The van der Waals surface area contributed by atoms with E-state index in [1.54, 1.807) is 0 Å². The highest BCUT2D eigenvalue weighted by Gasteiger charge is 2.21. The first-order chi connectivity index (χ1) is 7.41. The Labute approximate surface area is 95.1 Å². The molecule has 7 heteroatoms. The molecule has 4 N–H and O–H groups in total. The number of ether oxygens (including phenoxy) is 1. The number of nitrogens with one attached hydrogen (secondary N) is 1. The Kier molecular flexibility index (Phi) is 4.69. The number of nitrogens with two attached hydrogens (primary N) is 1. The molecule has 1 heterocycles. The van der Waals surface area contributed by atoms with Crippen LogP contribution in [0.15, 0.2) is 0 Å². The number of carbonyl (C=O) groups is 1. The van der Waals surface area contributed by atoms with Crippen molar-refractivity contribution >= 4 is 15.7 Å². The Bertz CT molecular complexity index is 337. The quantitative estimate of drug-likeness (QED) is 0.589. The zero-order valence-corrected chi connectivity index (χ0v) is 9.87. The molecule has 0 aromatic heterocycles. The predicted octanol–water partition coefficient (Wildman–Crippen LogP) is 0.0142. The Morgan fingerprint density at radius 1 is 1.62 bits per heavy atom. The second kappa shape index (κ2) is 5.60. The molecule has 0 aromatic carbocycles. The Morgan fingerprint density at radius 2 is 2.25 bits per heavy atom. The van der Waals surface area contributed by atoms with Gasteiger partial charge < -0.3 is 15.6 Å². The Balaban J connectivity index is 2.24. The first kappa shape index (κ1) is 13.4. The van der Waals surface area contributed by atoms with E-state index in [9.17, 15) is 9.00 Å². The van der Waals surface area contributed by atoms with Gasteiger partial charge in [-0.25, -0.2) is 4.21 Å². The van der Waals surface area contributed by atoms with Gasteiger partial charge in [-0.05, 0) is 19.3 Å². The minimum absolute atomic E-state index is 0.0488. The highest BCUT2D eigenvalue weighted by Crippen LogP contribution is 2.16. The van der Waals surface area contributed by atoms with Crippen LogP contribution in [0.2, 0.25) is 0 Å². The van der Waals surface area contributed by atoms with E-state index in [-0.39, 0.29) is 24.0 Å². The molecule has 2 unspecified atom stereocenters. The molecule has 6 nitrogen and oxygen atoms in total. The second-order valence-corrected chi connectivity index (χ2v) is 6.46. The van der Waals surface area contributed by atoms with E-state index >= 15 is 0 Å². The van der Waals surface area contributed by atoms with Crippen molar-refractivity contribution in [3.05, 3.63) is 0 Å². The lowest BCUT2D eigenvalue weighted by Crippen LogP contribution is -2.33. The molecule has 1 fully saturated rings. The molecule has 16 heavy (non-hydrogen) atoms. The molecule has 94 valence electrons. The SMILES string of the molecule is N=S(=O)(CCC1CCO1)CC[C@H](N)C(=O)O. The van der Waals surface area contributed by atoms with Crippen LogP contribution < -0.4 is 5.73 Å². The second-order valence-electron chi connectivity index (χ2n) is 4.02. The van der Waals surface area contributed by atoms with E-state index in [0.717, 1.165) is 13.0 Å². The first-order valence-electron chi connectivity index (χ1n) is 5.25. The van der Waals surface area contributed by atoms with Crippen LogP contribution in [0, 0.1) is 4.78 Å². The maximum absolute atomic E-state index is 11.7. The highest BCUT2D eigenvalue weighted by atomic mass is 32.2. The lowest BCUT2D eigenvalue weighted by molar-refractivity contribution is -0.138. The monoisotopic (exact) mass is 250 g/mol. The standard InChI is InChI=1S/C9H18N2O4S/c10-8(9(12)13)3-6-16(11,14)5-2-7-1-4-15-7/h7-8,11H,1-6,10H2,(H,12,13)/t7?,8-,16?/m0/s1. The van der Waals surface area contributed by atoms with E-state index in [1.165, 1.54) is 0 Å². The molecule has 0 bridgehead atoms. The third-order valence-electron chi connectivity index (χ3n) is 2.64. The van der Waals surface area contributed by atoms with Gasteiger partial charge in [0, 0.05) is 27.8 Å². The third kappa shape index (κ3) is 4.46. The van der Waals surface area contributed by atoms with Crippen LogP contribution in [-0.4, -0.2) is 45.5 Å². The molecule has 1 aliphatic heterocycles. The maximum Gasteiger partial charge on any atom is 0.320 e. The van der Waals surface area contributed by atoms with Crippen LogP contribution >= 0.6 is 0 Å². The van der Waals surface area contributed by atoms with Crippen molar-refractivity contribution in [2.75, 3.05) is 18.1 Å². The van der Waals surface area contributed by atoms with Gasteiger partial charge in [-0.15, -0.1) is 0 Å². The van der Waals surface area contributed by atoms with Crippen molar-refractivity contribution < 1.29 is 18.8 Å². The largest absolute Gasteiger partial charge is 0.480 e. The van der Waals surface area contributed by atoms with Crippen molar-refractivity contribution in [2.24, 2.45) is 5.73 Å². The summed E-state index contributed by atoms with van der Waals surface area (Å²) >= 11 is 0. The smallest absolute Gasteiger partial charge is 0.320 e. The minimum atomic E-state index is -2.70. The lowest BCUT2D eigenvalue weighted by atomic mass is 10.1. The number of aliphatic carboxylic acids is 1. The van der Waals surface area contributed by atoms with E-state index in [1.807, 2.05) is 0 Å². The normalized spacial score (nSPS) is 25.4. The number of hydrogen-bond acceptors (Lipinski definition) is 5. The van der Waals surface area contributed by atoms with Crippen molar-refractivity contribution in [1.29, 1.82) is 4.78 Å². The summed E-state index contributed by atoms with van der Waals surface area (Å²) < 4.78 is 24.5. The summed E-state index contributed by atoms with van der Waals surface area (Å²) in [6, 6.07) is -1.02. The van der Waals surface area contributed by atoms with Gasteiger partial charge in [0.1, 0.15) is 6.04 Å². The summed E-state index contributed by atoms with van der Waals surface area (Å²) in [4.78, 5) is 10.4. The molecule has 1 rings (SSSR count). The first-order valence-corrected chi connectivity index (χ1v) is 7.14. The van der Waals surface area contributed by atoms with Crippen LogP contribution in [0.5, 0.6) is 0 Å². The van der Waals surface area contributed by atoms with Gasteiger partial charge in [-0.2, -0.15) is 0 Å². The Morgan fingerprint density at radius 3 is 2.69 bits per heavy atom. The number of carboxylic acids is 1. The summed E-state index contributed by atoms with van der Waals surface area (Å²) in [6.45, 7) is 0.744. The minimum Gasteiger partial charge on any atom is -0.480 e. The lowest BCUT2D eigenvalue weighted by Gasteiger charge is -2.26. The molecular weight excluding hydrogens is 232 g/mol. The number of carboxylic acid groups (broad SMARTS) is 1. The third-order valence-corrected chi connectivity index (χ3v) is 4.43. The fourth-order valence-corrected chi connectivity index (χ4v) is 2.86. The van der Waals surface area contributed by atoms with Crippen molar-refractivity contribution in [2.45, 2.75) is 31.4 Å². The molecule has 1 aliphatic rings. The fourth-order valence-electron chi connectivity index (χ4n) is 1.38. The van der Waals surface area contributed by atoms with Gasteiger partial charge in [0.25, 0.3) is 0 Å². The van der Waals surface area contributed by atoms with E-state index in [2.05, 4.69) is 0 Å². The van der Waals surface area contributed by atoms with Gasteiger partial charge in [-0.1, -0.05) is 0 Å². The molecule has 0 aromatic rings. The molecule has 0 aliphatic carbocycles. The topological polar surface area (TPSA) is 113 Å². The van der Waals surface area contributed by atoms with Crippen LogP contribution in [0.4, 0.5) is 0 Å². The van der Waals surface area contributed by atoms with Crippen LogP contribution in [0.3, 0.4) is 0 Å². The van der Waals surface area contributed by atoms with Crippen molar-refractivity contribution in [1.82, 2.24) is 0 Å². The van der Waals surface area contributed by atoms with Crippen molar-refractivity contribution in [3.63, 3.8) is 0 Å². The van der Waals surface area contributed by atoms with Crippen molar-refractivity contribution in [3.8, 4) is 0 Å². The average Bonchev–Trinajstić information content (AvgIpc) is 2.11. The predicted molar refractivity (Wildman–Crippen MR) is 59.8 cm³/mol. The van der Waals surface area contributed by atoms with Gasteiger partial charge >= 0.3 is 5.97 Å². The maximum atomic E-state index is 11.7. The van der Waals surface area contributed by atoms with E-state index in [4.69, 9.17) is 20.4 Å². The average molecular weight is 250 g/mol. The van der Waals surface area contributed by atoms with E-state index in [0.29, 0.717) is 6.42 Å². The van der Waals surface area contributed by atoms with Gasteiger partial charge in [0.05, 0.1) is 6.10 Å². The molecule has 3 atom stereocenters. The van der Waals surface area contributed by atoms with Gasteiger partial charge in [0.15, 0.2) is 0 Å². The van der Waals surface area contributed by atoms with Crippen LogP contribution in [0.1, 0.15) is 19.3 Å².